The van der Waals surface area contributed by atoms with E-state index in [1.807, 2.05) is 25.7 Å². The number of rotatable bonds is 5. The van der Waals surface area contributed by atoms with Crippen molar-refractivity contribution in [3.05, 3.63) is 0 Å². The van der Waals surface area contributed by atoms with Crippen LogP contribution in [0.1, 0.15) is 67.2 Å². The van der Waals surface area contributed by atoms with Crippen molar-refractivity contribution in [1.29, 1.82) is 0 Å². The van der Waals surface area contributed by atoms with Crippen molar-refractivity contribution in [2.24, 2.45) is 0 Å². The number of ether oxygens (including phenoxy) is 1. The standard InChI is InChI=1S/C19H39NO4Si/c1-18(2,3)23-17(22)20-13-9-12-16(15(20)11-10-14-21)24-25(7,8)19(4,5)6/h15-16,21H,9-14H2,1-8H3/t15-,16+/m1/s1. The molecule has 1 amide bonds. The minimum absolute atomic E-state index is 0.0220. The van der Waals surface area contributed by atoms with Crippen LogP contribution < -0.4 is 0 Å². The van der Waals surface area contributed by atoms with Crippen molar-refractivity contribution in [1.82, 2.24) is 4.90 Å². The van der Waals surface area contributed by atoms with Crippen molar-refractivity contribution < 1.29 is 19.1 Å². The van der Waals surface area contributed by atoms with Gasteiger partial charge >= 0.3 is 6.09 Å². The molecule has 5 nitrogen and oxygen atoms in total. The van der Waals surface area contributed by atoms with Crippen molar-refractivity contribution in [2.45, 2.75) is 103 Å². The second kappa shape index (κ2) is 8.40. The van der Waals surface area contributed by atoms with E-state index >= 15 is 0 Å². The van der Waals surface area contributed by atoms with Crippen molar-refractivity contribution in [2.75, 3.05) is 13.2 Å². The van der Waals surface area contributed by atoms with Crippen LogP contribution in [0.2, 0.25) is 18.1 Å². The van der Waals surface area contributed by atoms with E-state index in [0.29, 0.717) is 13.0 Å². The Balaban J connectivity index is 2.97. The number of aliphatic hydroxyl groups excluding tert-OH is 1. The number of nitrogens with zero attached hydrogens (tertiary/aromatic N) is 1. The average molecular weight is 374 g/mol. The minimum atomic E-state index is -1.93. The number of amides is 1. The van der Waals surface area contributed by atoms with Gasteiger partial charge in [0.2, 0.25) is 0 Å². The van der Waals surface area contributed by atoms with Gasteiger partial charge in [0.25, 0.3) is 0 Å². The highest BCUT2D eigenvalue weighted by Crippen LogP contribution is 2.39. The lowest BCUT2D eigenvalue weighted by atomic mass is 9.95. The summed E-state index contributed by atoms with van der Waals surface area (Å²) >= 11 is 0. The SMILES string of the molecule is CC(C)(C)OC(=O)N1CCC[C@H](O[Si](C)(C)C(C)(C)C)[C@H]1CCCO. The van der Waals surface area contributed by atoms with Crippen molar-refractivity contribution in [3.63, 3.8) is 0 Å². The molecule has 2 atom stereocenters. The van der Waals surface area contributed by atoms with Gasteiger partial charge in [-0.25, -0.2) is 4.79 Å². The van der Waals surface area contributed by atoms with E-state index in [1.54, 1.807) is 0 Å². The van der Waals surface area contributed by atoms with E-state index in [2.05, 4.69) is 33.9 Å². The highest BCUT2D eigenvalue weighted by atomic mass is 28.4. The van der Waals surface area contributed by atoms with Crippen LogP contribution in [0, 0.1) is 0 Å². The molecule has 0 spiro atoms. The maximum atomic E-state index is 12.7. The Labute approximate surface area is 155 Å². The summed E-state index contributed by atoms with van der Waals surface area (Å²) in [4.78, 5) is 14.5. The van der Waals surface area contributed by atoms with Crippen molar-refractivity contribution >= 4 is 14.4 Å². The highest BCUT2D eigenvalue weighted by Gasteiger charge is 2.44. The Hall–Kier alpha value is -0.593. The fourth-order valence-electron chi connectivity index (χ4n) is 2.90. The van der Waals surface area contributed by atoms with Gasteiger partial charge < -0.3 is 19.2 Å². The highest BCUT2D eigenvalue weighted by molar-refractivity contribution is 6.74. The molecule has 1 saturated heterocycles. The zero-order valence-corrected chi connectivity index (χ0v) is 18.5. The maximum Gasteiger partial charge on any atom is 0.410 e. The Bertz CT molecular complexity index is 440. The Morgan fingerprint density at radius 2 is 1.80 bits per heavy atom. The molecule has 1 heterocycles. The van der Waals surface area contributed by atoms with Crippen molar-refractivity contribution in [3.8, 4) is 0 Å². The molecule has 0 aliphatic carbocycles. The molecule has 1 fully saturated rings. The van der Waals surface area contributed by atoms with Crippen LogP contribution in [0.25, 0.3) is 0 Å². The summed E-state index contributed by atoms with van der Waals surface area (Å²) in [6, 6.07) is -0.0233. The Morgan fingerprint density at radius 1 is 1.20 bits per heavy atom. The molecule has 1 aliphatic heterocycles. The first kappa shape index (κ1) is 22.4. The van der Waals surface area contributed by atoms with E-state index in [-0.39, 0.29) is 29.9 Å². The zero-order valence-electron chi connectivity index (χ0n) is 17.5. The summed E-state index contributed by atoms with van der Waals surface area (Å²) in [5.74, 6) is 0. The topological polar surface area (TPSA) is 59.0 Å². The van der Waals surface area contributed by atoms with Gasteiger partial charge in [0, 0.05) is 13.2 Å². The molecule has 1 N–H and O–H groups in total. The van der Waals surface area contributed by atoms with Gasteiger partial charge in [-0.15, -0.1) is 0 Å². The van der Waals surface area contributed by atoms with E-state index in [1.165, 1.54) is 0 Å². The average Bonchev–Trinajstić information content (AvgIpc) is 2.42. The number of hydrogen-bond donors (Lipinski definition) is 1. The van der Waals surface area contributed by atoms with E-state index in [4.69, 9.17) is 9.16 Å². The molecule has 6 heteroatoms. The van der Waals surface area contributed by atoms with Gasteiger partial charge in [-0.1, -0.05) is 20.8 Å². The first-order valence-electron chi connectivity index (χ1n) is 9.57. The first-order valence-corrected chi connectivity index (χ1v) is 12.5. The number of aliphatic hydroxyl groups is 1. The number of carbonyl (C=O) groups is 1. The molecular formula is C19H39NO4Si. The molecule has 0 aromatic heterocycles. The molecule has 0 aromatic carbocycles. The minimum Gasteiger partial charge on any atom is -0.444 e. The molecule has 0 saturated carbocycles. The van der Waals surface area contributed by atoms with Gasteiger partial charge in [-0.3, -0.25) is 0 Å². The predicted octanol–water partition coefficient (Wildman–Crippen LogP) is 4.55. The molecule has 1 aliphatic rings. The van der Waals surface area contributed by atoms with Crippen LogP contribution in [0.5, 0.6) is 0 Å². The molecule has 25 heavy (non-hydrogen) atoms. The normalized spacial score (nSPS) is 22.8. The molecule has 1 rings (SSSR count). The summed E-state index contributed by atoms with van der Waals surface area (Å²) in [5, 5.41) is 9.42. The van der Waals surface area contributed by atoms with E-state index < -0.39 is 13.9 Å². The number of likely N-dealkylation sites (tertiary alicyclic amines) is 1. The van der Waals surface area contributed by atoms with Crippen LogP contribution in [0.15, 0.2) is 0 Å². The van der Waals surface area contributed by atoms with Crippen LogP contribution >= 0.6 is 0 Å². The molecule has 0 aromatic rings. The lowest BCUT2D eigenvalue weighted by molar-refractivity contribution is -0.0226. The first-order chi connectivity index (χ1) is 11.3. The van der Waals surface area contributed by atoms with Gasteiger partial charge in [0.05, 0.1) is 12.1 Å². The van der Waals surface area contributed by atoms with Crippen LogP contribution in [-0.4, -0.2) is 55.3 Å². The fourth-order valence-corrected chi connectivity index (χ4v) is 4.29. The molecule has 0 unspecified atom stereocenters. The molecule has 0 bridgehead atoms. The lowest BCUT2D eigenvalue weighted by Gasteiger charge is -2.46. The maximum absolute atomic E-state index is 12.7. The Kier molecular flexibility index (Phi) is 7.54. The van der Waals surface area contributed by atoms with E-state index in [0.717, 1.165) is 19.3 Å². The van der Waals surface area contributed by atoms with Gasteiger partial charge in [-0.2, -0.15) is 0 Å². The van der Waals surface area contributed by atoms with Gasteiger partial charge in [0.1, 0.15) is 5.60 Å². The summed E-state index contributed by atoms with van der Waals surface area (Å²) in [6.45, 7) is 17.7. The van der Waals surface area contributed by atoms with Crippen LogP contribution in [0.4, 0.5) is 4.79 Å². The zero-order chi connectivity index (χ0) is 19.5. The van der Waals surface area contributed by atoms with E-state index in [9.17, 15) is 9.90 Å². The lowest BCUT2D eigenvalue weighted by Crippen LogP contribution is -2.56. The van der Waals surface area contributed by atoms with Crippen LogP contribution in [-0.2, 0) is 9.16 Å². The molecule has 148 valence electrons. The number of piperidine rings is 1. The molecule has 0 radical (unpaired) electrons. The predicted molar refractivity (Wildman–Crippen MR) is 104 cm³/mol. The van der Waals surface area contributed by atoms with Crippen LogP contribution in [0.3, 0.4) is 0 Å². The third-order valence-electron chi connectivity index (χ3n) is 5.26. The van der Waals surface area contributed by atoms with Gasteiger partial charge in [-0.05, 0) is 64.6 Å². The summed E-state index contributed by atoms with van der Waals surface area (Å²) in [7, 11) is -1.93. The monoisotopic (exact) mass is 373 g/mol. The summed E-state index contributed by atoms with van der Waals surface area (Å²) in [5.41, 5.74) is -0.508. The fraction of sp³-hybridized carbons (Fsp3) is 0.947. The Morgan fingerprint density at radius 3 is 2.28 bits per heavy atom. The smallest absolute Gasteiger partial charge is 0.410 e. The quantitative estimate of drug-likeness (QED) is 0.718. The third-order valence-corrected chi connectivity index (χ3v) is 9.76. The second-order valence-corrected chi connectivity index (χ2v) is 14.4. The summed E-state index contributed by atoms with van der Waals surface area (Å²) in [6.07, 6.45) is 3.06. The third kappa shape index (κ3) is 6.57. The number of carbonyl (C=O) groups excluding carboxylic acids is 1. The number of hydrogen-bond acceptors (Lipinski definition) is 4. The summed E-state index contributed by atoms with van der Waals surface area (Å²) < 4.78 is 12.3. The largest absolute Gasteiger partial charge is 0.444 e. The second-order valence-electron chi connectivity index (χ2n) is 9.67. The van der Waals surface area contributed by atoms with Gasteiger partial charge in [0.15, 0.2) is 8.32 Å². The molecular weight excluding hydrogens is 334 g/mol.